The van der Waals surface area contributed by atoms with Gasteiger partial charge in [-0.15, -0.1) is 11.3 Å². The van der Waals surface area contributed by atoms with Crippen molar-refractivity contribution < 1.29 is 0 Å². The van der Waals surface area contributed by atoms with Gasteiger partial charge in [0.2, 0.25) is 0 Å². The fraction of sp³-hybridized carbons (Fsp3) is 0.111. The number of fused-ring (bicyclic) bond motifs is 1. The van der Waals surface area contributed by atoms with Crippen LogP contribution in [0.3, 0.4) is 0 Å². The summed E-state index contributed by atoms with van der Waals surface area (Å²) in [7, 11) is 0. The van der Waals surface area contributed by atoms with E-state index in [4.69, 9.17) is 11.0 Å². The zero-order valence-corrected chi connectivity index (χ0v) is 9.74. The first-order valence-corrected chi connectivity index (χ1v) is 5.49. The van der Waals surface area contributed by atoms with Gasteiger partial charge in [0.25, 0.3) is 0 Å². The fourth-order valence-corrected chi connectivity index (χ4v) is 2.75. The second-order valence-electron chi connectivity index (χ2n) is 2.84. The summed E-state index contributed by atoms with van der Waals surface area (Å²) in [6.07, 6.45) is 0. The van der Waals surface area contributed by atoms with Crippen molar-refractivity contribution in [3.05, 3.63) is 21.1 Å². The van der Waals surface area contributed by atoms with Crippen molar-refractivity contribution in [1.29, 1.82) is 5.26 Å². The van der Waals surface area contributed by atoms with Gasteiger partial charge < -0.3 is 5.73 Å². The molecule has 1 heterocycles. The molecule has 5 heteroatoms. The van der Waals surface area contributed by atoms with Gasteiger partial charge in [-0.25, -0.2) is 4.98 Å². The van der Waals surface area contributed by atoms with Crippen molar-refractivity contribution in [2.24, 2.45) is 0 Å². The maximum absolute atomic E-state index is 8.83. The summed E-state index contributed by atoms with van der Waals surface area (Å²) in [6.45, 7) is 1.93. The minimum absolute atomic E-state index is 0.467. The molecule has 0 amide bonds. The Labute approximate surface area is 93.3 Å². The van der Waals surface area contributed by atoms with E-state index in [0.29, 0.717) is 11.3 Å². The maximum atomic E-state index is 8.83. The predicted octanol–water partition coefficient (Wildman–Crippen LogP) is 2.82. The first-order chi connectivity index (χ1) is 6.63. The molecule has 3 nitrogen and oxygen atoms in total. The van der Waals surface area contributed by atoms with Crippen LogP contribution in [0.5, 0.6) is 0 Å². The molecule has 0 saturated heterocycles. The molecule has 14 heavy (non-hydrogen) atoms. The highest BCUT2D eigenvalue weighted by Gasteiger charge is 2.11. The monoisotopic (exact) mass is 267 g/mol. The van der Waals surface area contributed by atoms with Crippen LogP contribution >= 0.6 is 27.3 Å². The van der Waals surface area contributed by atoms with E-state index in [1.807, 2.05) is 13.0 Å². The van der Waals surface area contributed by atoms with Gasteiger partial charge in [-0.3, -0.25) is 0 Å². The average molecular weight is 268 g/mol. The third kappa shape index (κ3) is 1.27. The molecule has 0 saturated carbocycles. The average Bonchev–Trinajstić information content (AvgIpc) is 2.52. The lowest BCUT2D eigenvalue weighted by molar-refractivity contribution is 1.34. The van der Waals surface area contributed by atoms with Crippen LogP contribution in [0.4, 0.5) is 5.69 Å². The second-order valence-corrected chi connectivity index (χ2v) is 4.84. The second kappa shape index (κ2) is 3.23. The quantitative estimate of drug-likeness (QED) is 0.747. The number of nitrogens with two attached hydrogens (primary N) is 1. The molecule has 0 unspecified atom stereocenters. The molecule has 0 fully saturated rings. The van der Waals surface area contributed by atoms with Crippen LogP contribution < -0.4 is 5.73 Å². The molecule has 0 aliphatic rings. The van der Waals surface area contributed by atoms with Gasteiger partial charge in [0.05, 0.1) is 30.9 Å². The first kappa shape index (κ1) is 9.44. The highest BCUT2D eigenvalue weighted by atomic mass is 79.9. The smallest absolute Gasteiger partial charge is 0.101 e. The van der Waals surface area contributed by atoms with Gasteiger partial charge in [0.1, 0.15) is 6.07 Å². The van der Waals surface area contributed by atoms with Crippen molar-refractivity contribution >= 4 is 43.2 Å². The van der Waals surface area contributed by atoms with E-state index >= 15 is 0 Å². The number of aromatic nitrogens is 1. The Bertz CT molecular complexity index is 553. The molecule has 0 radical (unpaired) electrons. The number of nitriles is 1. The van der Waals surface area contributed by atoms with E-state index in [1.165, 1.54) is 0 Å². The number of aryl methyl sites for hydroxylation is 1. The number of nitrogen functional groups attached to an aromatic ring is 1. The third-order valence-corrected chi connectivity index (χ3v) is 3.98. The van der Waals surface area contributed by atoms with Crippen LogP contribution in [0.15, 0.2) is 10.5 Å². The molecule has 0 aliphatic carbocycles. The Balaban J connectivity index is 2.92. The fourth-order valence-electron chi connectivity index (χ4n) is 1.25. The van der Waals surface area contributed by atoms with Gasteiger partial charge >= 0.3 is 0 Å². The number of nitrogens with zero attached hydrogens (tertiary/aromatic N) is 2. The number of halogens is 1. The highest BCUT2D eigenvalue weighted by Crippen LogP contribution is 2.35. The zero-order chi connectivity index (χ0) is 10.3. The van der Waals surface area contributed by atoms with Crippen LogP contribution in [0, 0.1) is 18.3 Å². The summed E-state index contributed by atoms with van der Waals surface area (Å²) < 4.78 is 1.77. The van der Waals surface area contributed by atoms with Gasteiger partial charge in [-0.2, -0.15) is 5.26 Å². The van der Waals surface area contributed by atoms with Crippen LogP contribution in [0.2, 0.25) is 0 Å². The summed E-state index contributed by atoms with van der Waals surface area (Å²) in [4.78, 5) is 4.31. The molecule has 0 bridgehead atoms. The van der Waals surface area contributed by atoms with Crippen molar-refractivity contribution in [3.8, 4) is 6.07 Å². The molecular weight excluding hydrogens is 262 g/mol. The number of hydrogen-bond donors (Lipinski definition) is 1. The molecular formula is C9H6BrN3S. The van der Waals surface area contributed by atoms with E-state index in [2.05, 4.69) is 20.9 Å². The normalized spacial score (nSPS) is 10.4. The van der Waals surface area contributed by atoms with Crippen molar-refractivity contribution in [3.63, 3.8) is 0 Å². The van der Waals surface area contributed by atoms with Crippen LogP contribution in [-0.4, -0.2) is 4.98 Å². The topological polar surface area (TPSA) is 62.7 Å². The summed E-state index contributed by atoms with van der Waals surface area (Å²) >= 11 is 4.94. The van der Waals surface area contributed by atoms with E-state index in [-0.39, 0.29) is 0 Å². The van der Waals surface area contributed by atoms with Crippen LogP contribution in [0.1, 0.15) is 10.6 Å². The Morgan fingerprint density at radius 2 is 2.36 bits per heavy atom. The predicted molar refractivity (Wildman–Crippen MR) is 61.2 cm³/mol. The molecule has 0 aliphatic heterocycles. The summed E-state index contributed by atoms with van der Waals surface area (Å²) in [6, 6.07) is 3.77. The van der Waals surface area contributed by atoms with Crippen LogP contribution in [0.25, 0.3) is 10.2 Å². The third-order valence-electron chi connectivity index (χ3n) is 1.89. The molecule has 0 atom stereocenters. The Hall–Kier alpha value is -1.12. The van der Waals surface area contributed by atoms with Gasteiger partial charge in [-0.1, -0.05) is 0 Å². The summed E-state index contributed by atoms with van der Waals surface area (Å²) in [5, 5.41) is 9.80. The van der Waals surface area contributed by atoms with Crippen LogP contribution in [-0.2, 0) is 0 Å². The van der Waals surface area contributed by atoms with E-state index < -0.39 is 0 Å². The Kier molecular flexibility index (Phi) is 2.17. The van der Waals surface area contributed by atoms with Gasteiger partial charge in [-0.05, 0) is 28.9 Å². The van der Waals surface area contributed by atoms with Gasteiger partial charge in [0.15, 0.2) is 0 Å². The molecule has 1 aromatic heterocycles. The molecule has 70 valence electrons. The van der Waals surface area contributed by atoms with E-state index in [9.17, 15) is 0 Å². The Morgan fingerprint density at radius 1 is 1.64 bits per heavy atom. The largest absolute Gasteiger partial charge is 0.397 e. The Morgan fingerprint density at radius 3 is 3.00 bits per heavy atom. The lowest BCUT2D eigenvalue weighted by atomic mass is 10.2. The molecule has 2 rings (SSSR count). The molecule has 1 aromatic carbocycles. The number of anilines is 1. The minimum atomic E-state index is 0.467. The summed E-state index contributed by atoms with van der Waals surface area (Å²) in [5.41, 5.74) is 7.56. The number of thiazole rings is 1. The molecule has 0 spiro atoms. The van der Waals surface area contributed by atoms with E-state index in [0.717, 1.165) is 19.7 Å². The lowest BCUT2D eigenvalue weighted by Crippen LogP contribution is -1.91. The zero-order valence-electron chi connectivity index (χ0n) is 7.34. The number of rotatable bonds is 0. The summed E-state index contributed by atoms with van der Waals surface area (Å²) in [5.74, 6) is 0. The number of benzene rings is 1. The van der Waals surface area contributed by atoms with Crippen molar-refractivity contribution in [2.75, 3.05) is 5.73 Å². The maximum Gasteiger partial charge on any atom is 0.101 e. The van der Waals surface area contributed by atoms with Crippen molar-refractivity contribution in [2.45, 2.75) is 6.92 Å². The highest BCUT2D eigenvalue weighted by molar-refractivity contribution is 9.10. The number of hydrogen-bond acceptors (Lipinski definition) is 4. The minimum Gasteiger partial charge on any atom is -0.397 e. The molecule has 2 N–H and O–H groups in total. The van der Waals surface area contributed by atoms with E-state index in [1.54, 1.807) is 17.4 Å². The standard InChI is InChI=1S/C9H6BrN3S/c1-4-13-6-2-5(3-11)8(12)7(10)9(6)14-4/h2H,12H2,1H3. The SMILES string of the molecule is Cc1nc2cc(C#N)c(N)c(Br)c2s1. The lowest BCUT2D eigenvalue weighted by Gasteiger charge is -2.00. The van der Waals surface area contributed by atoms with Gasteiger partial charge in [0, 0.05) is 0 Å². The molecule has 2 aromatic rings. The van der Waals surface area contributed by atoms with Crippen molar-refractivity contribution in [1.82, 2.24) is 4.98 Å². The first-order valence-electron chi connectivity index (χ1n) is 3.88.